The quantitative estimate of drug-likeness (QED) is 0.813. The second-order valence-electron chi connectivity index (χ2n) is 6.12. The molecule has 2 aliphatic rings. The van der Waals surface area contributed by atoms with Crippen molar-refractivity contribution >= 4 is 0 Å². The van der Waals surface area contributed by atoms with E-state index in [-0.39, 0.29) is 5.60 Å². The van der Waals surface area contributed by atoms with Crippen molar-refractivity contribution in [2.24, 2.45) is 11.7 Å². The van der Waals surface area contributed by atoms with Gasteiger partial charge in [-0.25, -0.2) is 0 Å². The van der Waals surface area contributed by atoms with Crippen molar-refractivity contribution in [2.45, 2.75) is 82.8 Å². The lowest BCUT2D eigenvalue weighted by molar-refractivity contribution is -0.123. The number of nitrogens with two attached hydrogens (primary N) is 1. The van der Waals surface area contributed by atoms with Crippen LogP contribution in [0.3, 0.4) is 0 Å². The topological polar surface area (TPSA) is 35.2 Å². The number of hydrogen-bond donors (Lipinski definition) is 1. The summed E-state index contributed by atoms with van der Waals surface area (Å²) in [5.41, 5.74) is 6.05. The first-order chi connectivity index (χ1) is 8.28. The molecular formula is C15H29NO. The van der Waals surface area contributed by atoms with Gasteiger partial charge >= 0.3 is 0 Å². The molecule has 0 radical (unpaired) electrons. The zero-order chi connectivity index (χ0) is 12.1. The number of rotatable bonds is 4. The Bertz CT molecular complexity index is 215. The minimum atomic E-state index is 0.0354. The Balaban J connectivity index is 1.86. The van der Waals surface area contributed by atoms with Gasteiger partial charge in [0.25, 0.3) is 0 Å². The first-order valence-corrected chi connectivity index (χ1v) is 7.66. The monoisotopic (exact) mass is 239 g/mol. The van der Waals surface area contributed by atoms with Crippen LogP contribution in [-0.2, 0) is 4.74 Å². The van der Waals surface area contributed by atoms with E-state index in [1.807, 2.05) is 0 Å². The van der Waals surface area contributed by atoms with Crippen LogP contribution in [0.5, 0.6) is 0 Å². The molecular weight excluding hydrogens is 210 g/mol. The molecule has 0 aromatic carbocycles. The zero-order valence-electron chi connectivity index (χ0n) is 11.4. The summed E-state index contributed by atoms with van der Waals surface area (Å²) in [6.07, 6.45) is 13.5. The minimum Gasteiger partial charge on any atom is -0.370 e. The standard InChI is InChI=1S/C15H29NO/c1-2-13-8-10-15(12-16,11-9-13)17-14-6-4-3-5-7-14/h13-14H,2-12,16H2,1H3. The van der Waals surface area contributed by atoms with Crippen molar-refractivity contribution in [3.63, 3.8) is 0 Å². The molecule has 0 unspecified atom stereocenters. The van der Waals surface area contributed by atoms with E-state index in [0.29, 0.717) is 6.10 Å². The van der Waals surface area contributed by atoms with Crippen molar-refractivity contribution in [3.8, 4) is 0 Å². The fourth-order valence-electron chi connectivity index (χ4n) is 3.52. The molecule has 2 aliphatic carbocycles. The maximum absolute atomic E-state index is 6.44. The molecule has 100 valence electrons. The molecule has 2 rings (SSSR count). The molecule has 2 heteroatoms. The molecule has 0 aromatic heterocycles. The number of ether oxygens (including phenoxy) is 1. The van der Waals surface area contributed by atoms with Crippen LogP contribution in [0, 0.1) is 5.92 Å². The predicted molar refractivity (Wildman–Crippen MR) is 72.0 cm³/mol. The summed E-state index contributed by atoms with van der Waals surface area (Å²) in [7, 11) is 0. The molecule has 0 heterocycles. The fraction of sp³-hybridized carbons (Fsp3) is 1.00. The molecule has 0 amide bonds. The average molecular weight is 239 g/mol. The van der Waals surface area contributed by atoms with Gasteiger partial charge in [-0.3, -0.25) is 0 Å². The van der Waals surface area contributed by atoms with E-state index < -0.39 is 0 Å². The Kier molecular flexibility index (Phi) is 4.87. The van der Waals surface area contributed by atoms with Crippen LogP contribution in [0.15, 0.2) is 0 Å². The Morgan fingerprint density at radius 2 is 1.71 bits per heavy atom. The molecule has 2 fully saturated rings. The highest BCUT2D eigenvalue weighted by atomic mass is 16.5. The van der Waals surface area contributed by atoms with E-state index in [1.54, 1.807) is 0 Å². The van der Waals surface area contributed by atoms with Crippen molar-refractivity contribution in [3.05, 3.63) is 0 Å². The fourth-order valence-corrected chi connectivity index (χ4v) is 3.52. The second-order valence-corrected chi connectivity index (χ2v) is 6.12. The summed E-state index contributed by atoms with van der Waals surface area (Å²) in [6, 6.07) is 0. The molecule has 17 heavy (non-hydrogen) atoms. The molecule has 0 atom stereocenters. The smallest absolute Gasteiger partial charge is 0.0808 e. The molecule has 0 bridgehead atoms. The molecule has 2 N–H and O–H groups in total. The number of hydrogen-bond acceptors (Lipinski definition) is 2. The minimum absolute atomic E-state index is 0.0354. The van der Waals surface area contributed by atoms with E-state index in [1.165, 1.54) is 64.2 Å². The van der Waals surface area contributed by atoms with Gasteiger partial charge in [-0.2, -0.15) is 0 Å². The van der Waals surface area contributed by atoms with Crippen molar-refractivity contribution in [2.75, 3.05) is 6.54 Å². The Hall–Kier alpha value is -0.0800. The summed E-state index contributed by atoms with van der Waals surface area (Å²) < 4.78 is 6.44. The molecule has 2 nitrogen and oxygen atoms in total. The summed E-state index contributed by atoms with van der Waals surface area (Å²) in [5, 5.41) is 0. The molecule has 0 aliphatic heterocycles. The first-order valence-electron chi connectivity index (χ1n) is 7.66. The largest absolute Gasteiger partial charge is 0.370 e. The van der Waals surface area contributed by atoms with Crippen LogP contribution in [0.2, 0.25) is 0 Å². The van der Waals surface area contributed by atoms with Crippen LogP contribution < -0.4 is 5.73 Å². The van der Waals surface area contributed by atoms with Crippen LogP contribution in [0.1, 0.15) is 71.1 Å². The molecule has 0 aromatic rings. The molecule has 2 saturated carbocycles. The van der Waals surface area contributed by atoms with Gasteiger partial charge in [0.05, 0.1) is 11.7 Å². The highest BCUT2D eigenvalue weighted by molar-refractivity contribution is 4.89. The SMILES string of the molecule is CCC1CCC(CN)(OC2CCCCC2)CC1. The average Bonchev–Trinajstić information content (AvgIpc) is 2.41. The van der Waals surface area contributed by atoms with Crippen LogP contribution >= 0.6 is 0 Å². The Morgan fingerprint density at radius 3 is 2.24 bits per heavy atom. The van der Waals surface area contributed by atoms with E-state index in [4.69, 9.17) is 10.5 Å². The van der Waals surface area contributed by atoms with E-state index in [9.17, 15) is 0 Å². The van der Waals surface area contributed by atoms with E-state index in [2.05, 4.69) is 6.92 Å². The summed E-state index contributed by atoms with van der Waals surface area (Å²) >= 11 is 0. The van der Waals surface area contributed by atoms with Gasteiger partial charge < -0.3 is 10.5 Å². The maximum atomic E-state index is 6.44. The summed E-state index contributed by atoms with van der Waals surface area (Å²) in [5.74, 6) is 0.921. The van der Waals surface area contributed by atoms with Gasteiger partial charge in [-0.15, -0.1) is 0 Å². The maximum Gasteiger partial charge on any atom is 0.0808 e. The van der Waals surface area contributed by atoms with Gasteiger partial charge in [0.15, 0.2) is 0 Å². The van der Waals surface area contributed by atoms with Crippen molar-refractivity contribution < 1.29 is 4.74 Å². The third kappa shape index (κ3) is 3.45. The van der Waals surface area contributed by atoms with Gasteiger partial charge in [0.1, 0.15) is 0 Å². The van der Waals surface area contributed by atoms with Gasteiger partial charge in [-0.1, -0.05) is 32.6 Å². The van der Waals surface area contributed by atoms with Crippen LogP contribution in [0.4, 0.5) is 0 Å². The highest BCUT2D eigenvalue weighted by Gasteiger charge is 2.36. The Labute approximate surface area is 106 Å². The Morgan fingerprint density at radius 1 is 1.06 bits per heavy atom. The lowest BCUT2D eigenvalue weighted by Crippen LogP contribution is -2.46. The first kappa shape index (κ1) is 13.4. The zero-order valence-corrected chi connectivity index (χ0v) is 11.4. The third-order valence-corrected chi connectivity index (χ3v) is 4.93. The van der Waals surface area contributed by atoms with Crippen molar-refractivity contribution in [1.82, 2.24) is 0 Å². The lowest BCUT2D eigenvalue weighted by Gasteiger charge is -2.42. The third-order valence-electron chi connectivity index (χ3n) is 4.93. The lowest BCUT2D eigenvalue weighted by atomic mass is 9.77. The van der Waals surface area contributed by atoms with Crippen molar-refractivity contribution in [1.29, 1.82) is 0 Å². The normalized spacial score (nSPS) is 36.0. The molecule has 0 saturated heterocycles. The predicted octanol–water partition coefficient (Wildman–Crippen LogP) is 3.63. The second kappa shape index (κ2) is 6.19. The highest BCUT2D eigenvalue weighted by Crippen LogP contribution is 2.38. The van der Waals surface area contributed by atoms with E-state index >= 15 is 0 Å². The van der Waals surface area contributed by atoms with Gasteiger partial charge in [0.2, 0.25) is 0 Å². The summed E-state index contributed by atoms with van der Waals surface area (Å²) in [6.45, 7) is 3.03. The van der Waals surface area contributed by atoms with Gasteiger partial charge in [0, 0.05) is 6.54 Å². The van der Waals surface area contributed by atoms with Crippen LogP contribution in [-0.4, -0.2) is 18.2 Å². The van der Waals surface area contributed by atoms with Crippen LogP contribution in [0.25, 0.3) is 0 Å². The molecule has 0 spiro atoms. The van der Waals surface area contributed by atoms with Gasteiger partial charge in [-0.05, 0) is 44.4 Å². The summed E-state index contributed by atoms with van der Waals surface area (Å²) in [4.78, 5) is 0. The van der Waals surface area contributed by atoms with E-state index in [0.717, 1.165) is 12.5 Å².